The van der Waals surface area contributed by atoms with Crippen molar-refractivity contribution in [2.45, 2.75) is 57.5 Å². The molecule has 2 aromatic carbocycles. The number of carbonyl (C=O) groups excluding carboxylic acids is 1. The summed E-state index contributed by atoms with van der Waals surface area (Å²) in [6, 6.07) is 12.6. The highest BCUT2D eigenvalue weighted by Crippen LogP contribution is 2.56. The second kappa shape index (κ2) is 10.6. The molecule has 1 N–H and O–H groups in total. The molecule has 2 saturated heterocycles. The fourth-order valence-corrected chi connectivity index (χ4v) is 8.69. The first-order chi connectivity index (χ1) is 19.9. The number of likely N-dealkylation sites (tertiary alicyclic amines) is 1. The number of halogens is 1. The molecule has 5 aliphatic rings. The average molecular weight is 563 g/mol. The number of nitrogens with one attached hydrogen (secondary N) is 1. The van der Waals surface area contributed by atoms with Gasteiger partial charge in [0.1, 0.15) is 23.6 Å². The Morgan fingerprint density at radius 2 is 1.98 bits per heavy atom. The number of hydrogen-bond donors (Lipinski definition) is 1. The molecule has 0 spiro atoms. The van der Waals surface area contributed by atoms with Crippen LogP contribution in [0.15, 0.2) is 54.6 Å². The normalized spacial score (nSPS) is 35.9. The van der Waals surface area contributed by atoms with Crippen LogP contribution in [0.1, 0.15) is 56.9 Å². The van der Waals surface area contributed by atoms with Gasteiger partial charge in [0.15, 0.2) is 11.5 Å². The van der Waals surface area contributed by atoms with Crippen LogP contribution in [-0.4, -0.2) is 45.1 Å². The average Bonchev–Trinajstić information content (AvgIpc) is 3.54. The lowest BCUT2D eigenvalue weighted by molar-refractivity contribution is -0.912. The van der Waals surface area contributed by atoms with Gasteiger partial charge in [-0.25, -0.2) is 4.39 Å². The van der Waals surface area contributed by atoms with E-state index in [0.29, 0.717) is 18.3 Å². The van der Waals surface area contributed by atoms with Crippen LogP contribution in [-0.2, 0) is 9.53 Å². The number of ether oxygens (including phenoxy) is 4. The third-order valence-corrected chi connectivity index (χ3v) is 10.9. The minimum atomic E-state index is -0.219. The van der Waals surface area contributed by atoms with Crippen molar-refractivity contribution in [2.75, 3.05) is 33.0 Å². The first-order valence-electron chi connectivity index (χ1n) is 15.4. The largest absolute Gasteiger partial charge is 0.493 e. The van der Waals surface area contributed by atoms with Crippen LogP contribution in [0.5, 0.6) is 17.2 Å². The van der Waals surface area contributed by atoms with Gasteiger partial charge in [-0.3, -0.25) is 4.79 Å². The van der Waals surface area contributed by atoms with Crippen molar-refractivity contribution in [2.24, 2.45) is 29.1 Å². The first-order valence-corrected chi connectivity index (χ1v) is 15.4. The smallest absolute Gasteiger partial charge is 0.315 e. The topological polar surface area (TPSA) is 58.4 Å². The molecule has 1 unspecified atom stereocenters. The molecule has 4 fully saturated rings. The van der Waals surface area contributed by atoms with Crippen LogP contribution < -0.4 is 19.1 Å². The molecule has 41 heavy (non-hydrogen) atoms. The van der Waals surface area contributed by atoms with Crippen molar-refractivity contribution in [3.8, 4) is 17.2 Å². The van der Waals surface area contributed by atoms with E-state index in [0.717, 1.165) is 62.4 Å². The maximum absolute atomic E-state index is 13.7. The van der Waals surface area contributed by atoms with Crippen LogP contribution in [0.25, 0.3) is 0 Å². The molecule has 0 aromatic heterocycles. The number of quaternary nitrogens is 1. The minimum absolute atomic E-state index is 0.00539. The number of esters is 1. The van der Waals surface area contributed by atoms with Gasteiger partial charge in [0.2, 0.25) is 6.79 Å². The lowest BCUT2D eigenvalue weighted by Crippen LogP contribution is -3.14. The SMILES string of the molecule is C=C1CCC[C@@]2(C)C[C@H]3OC(=O)[C@@H](C[NH+]4CC[C@@H](c5ccc(F)cc5)[C@@H](COc5ccc6c(c5)OCO6)C4)[C@@H]3C[C@H]12. The quantitative estimate of drug-likeness (QED) is 0.400. The van der Waals surface area contributed by atoms with Gasteiger partial charge in [-0.15, -0.1) is 0 Å². The molecule has 7 heteroatoms. The summed E-state index contributed by atoms with van der Waals surface area (Å²) < 4.78 is 37.1. The van der Waals surface area contributed by atoms with Gasteiger partial charge in [-0.05, 0) is 73.3 Å². The Morgan fingerprint density at radius 3 is 2.83 bits per heavy atom. The van der Waals surface area contributed by atoms with Gasteiger partial charge in [0, 0.05) is 30.2 Å². The Balaban J connectivity index is 1.06. The monoisotopic (exact) mass is 562 g/mol. The van der Waals surface area contributed by atoms with E-state index in [4.69, 9.17) is 18.9 Å². The summed E-state index contributed by atoms with van der Waals surface area (Å²) in [6.07, 6.45) is 6.52. The van der Waals surface area contributed by atoms with Gasteiger partial charge >= 0.3 is 5.97 Å². The van der Waals surface area contributed by atoms with Crippen LogP contribution >= 0.6 is 0 Å². The molecule has 0 bridgehead atoms. The van der Waals surface area contributed by atoms with Gasteiger partial charge < -0.3 is 23.8 Å². The summed E-state index contributed by atoms with van der Waals surface area (Å²) in [5, 5.41) is 0. The molecular weight excluding hydrogens is 521 g/mol. The van der Waals surface area contributed by atoms with Crippen molar-refractivity contribution >= 4 is 5.97 Å². The Hall–Kier alpha value is -3.06. The summed E-state index contributed by atoms with van der Waals surface area (Å²) >= 11 is 0. The predicted octanol–water partition coefficient (Wildman–Crippen LogP) is 4.94. The second-order valence-corrected chi connectivity index (χ2v) is 13.3. The molecule has 7 rings (SSSR count). The molecule has 218 valence electrons. The van der Waals surface area contributed by atoms with Crippen LogP contribution in [0.4, 0.5) is 4.39 Å². The fraction of sp³-hybridized carbons (Fsp3) is 0.559. The van der Waals surface area contributed by atoms with E-state index < -0.39 is 0 Å². The highest BCUT2D eigenvalue weighted by atomic mass is 19.1. The van der Waals surface area contributed by atoms with Crippen molar-refractivity contribution in [3.63, 3.8) is 0 Å². The number of fused-ring (bicyclic) bond motifs is 3. The van der Waals surface area contributed by atoms with E-state index in [1.165, 1.54) is 23.3 Å². The fourth-order valence-electron chi connectivity index (χ4n) is 8.69. The lowest BCUT2D eigenvalue weighted by Gasteiger charge is -2.50. The maximum atomic E-state index is 13.7. The van der Waals surface area contributed by atoms with Crippen molar-refractivity contribution in [3.05, 3.63) is 66.0 Å². The van der Waals surface area contributed by atoms with Gasteiger partial charge in [0.05, 0.1) is 26.2 Å². The molecular formula is C34H41FNO5+. The summed E-state index contributed by atoms with van der Waals surface area (Å²) in [6.45, 7) is 10.3. The van der Waals surface area contributed by atoms with Crippen LogP contribution in [0.2, 0.25) is 0 Å². The standard InChI is InChI=1S/C34H40FNO5/c1-21-4-3-12-34(2)16-32-27(15-29(21)34)28(33(37)41-32)18-36-13-11-26(22-5-7-24(35)8-6-22)23(17-36)19-38-25-9-10-30-31(14-25)40-20-39-30/h5-10,14,23,26-29,32H,1,3-4,11-13,15-20H2,2H3/p+1/t23-,26+,27+,28+,29-,32-,34+/m1/s1. The van der Waals surface area contributed by atoms with E-state index in [-0.39, 0.29) is 53.8 Å². The van der Waals surface area contributed by atoms with Gasteiger partial charge in [-0.2, -0.15) is 0 Å². The highest BCUT2D eigenvalue weighted by Gasteiger charge is 2.56. The van der Waals surface area contributed by atoms with E-state index in [1.807, 2.05) is 30.3 Å². The van der Waals surface area contributed by atoms with Crippen LogP contribution in [0, 0.1) is 34.9 Å². The molecule has 2 aliphatic carbocycles. The zero-order valence-corrected chi connectivity index (χ0v) is 23.9. The number of carbonyl (C=O) groups is 1. The number of hydrogen-bond acceptors (Lipinski definition) is 5. The molecule has 2 saturated carbocycles. The predicted molar refractivity (Wildman–Crippen MR) is 152 cm³/mol. The molecule has 0 radical (unpaired) electrons. The summed E-state index contributed by atoms with van der Waals surface area (Å²) in [5.74, 6) is 3.15. The summed E-state index contributed by atoms with van der Waals surface area (Å²) in [5.41, 5.74) is 2.74. The number of allylic oxidation sites excluding steroid dienone is 1. The molecule has 6 nitrogen and oxygen atoms in total. The zero-order chi connectivity index (χ0) is 28.1. The first kappa shape index (κ1) is 26.8. The third-order valence-electron chi connectivity index (χ3n) is 10.9. The van der Waals surface area contributed by atoms with E-state index in [2.05, 4.69) is 13.5 Å². The Kier molecular flexibility index (Phi) is 6.96. The lowest BCUT2D eigenvalue weighted by atomic mass is 9.55. The van der Waals surface area contributed by atoms with Crippen molar-refractivity contribution in [1.82, 2.24) is 0 Å². The number of benzene rings is 2. The van der Waals surface area contributed by atoms with E-state index in [1.54, 1.807) is 12.1 Å². The zero-order valence-electron chi connectivity index (χ0n) is 23.9. The van der Waals surface area contributed by atoms with E-state index in [9.17, 15) is 9.18 Å². The Labute approximate surface area is 241 Å². The molecule has 8 atom stereocenters. The minimum Gasteiger partial charge on any atom is -0.493 e. The summed E-state index contributed by atoms with van der Waals surface area (Å²) in [7, 11) is 0. The van der Waals surface area contributed by atoms with Crippen molar-refractivity contribution in [1.29, 1.82) is 0 Å². The third kappa shape index (κ3) is 5.11. The van der Waals surface area contributed by atoms with E-state index >= 15 is 0 Å². The molecule has 3 aliphatic heterocycles. The molecule has 3 heterocycles. The molecule has 0 amide bonds. The number of piperidine rings is 1. The highest BCUT2D eigenvalue weighted by molar-refractivity contribution is 5.75. The number of rotatable bonds is 6. The summed E-state index contributed by atoms with van der Waals surface area (Å²) in [4.78, 5) is 14.7. The second-order valence-electron chi connectivity index (χ2n) is 13.3. The maximum Gasteiger partial charge on any atom is 0.315 e. The van der Waals surface area contributed by atoms with Crippen LogP contribution in [0.3, 0.4) is 0 Å². The van der Waals surface area contributed by atoms with Gasteiger partial charge in [-0.1, -0.05) is 31.2 Å². The Morgan fingerprint density at radius 1 is 1.15 bits per heavy atom. The Bertz CT molecular complexity index is 1310. The molecule has 2 aromatic rings. The van der Waals surface area contributed by atoms with Gasteiger partial charge in [0.25, 0.3) is 0 Å². The van der Waals surface area contributed by atoms with Crippen molar-refractivity contribution < 1.29 is 33.0 Å².